The number of allylic oxidation sites excluding steroid dienone is 1. The zero-order chi connectivity index (χ0) is 17.3. The van der Waals surface area contributed by atoms with Gasteiger partial charge in [-0.1, -0.05) is 29.8 Å². The second-order valence-electron chi connectivity index (χ2n) is 5.61. The molecule has 3 heterocycles. The van der Waals surface area contributed by atoms with E-state index >= 15 is 0 Å². The molecule has 0 spiro atoms. The van der Waals surface area contributed by atoms with Gasteiger partial charge in [0.1, 0.15) is 5.15 Å². The zero-order valence-corrected chi connectivity index (χ0v) is 13.8. The van der Waals surface area contributed by atoms with E-state index in [1.807, 2.05) is 6.07 Å². The van der Waals surface area contributed by atoms with Crippen LogP contribution in [0.25, 0.3) is 11.4 Å². The normalized spacial score (nSPS) is 10.9. The topological polar surface area (TPSA) is 69.8 Å². The predicted molar refractivity (Wildman–Crippen MR) is 92.5 cm³/mol. The van der Waals surface area contributed by atoms with Gasteiger partial charge in [-0.25, -0.2) is 9.78 Å². The maximum atomic E-state index is 12.6. The molecule has 0 atom stereocenters. The molecular weight excluding hydrogens is 328 g/mol. The summed E-state index contributed by atoms with van der Waals surface area (Å²) in [5.41, 5.74) is 1.05. The van der Waals surface area contributed by atoms with Crippen LogP contribution >= 0.6 is 11.6 Å². The van der Waals surface area contributed by atoms with Gasteiger partial charge in [0.25, 0.3) is 5.56 Å². The monoisotopic (exact) mass is 342 g/mol. The van der Waals surface area contributed by atoms with Crippen LogP contribution in [-0.2, 0) is 13.1 Å². The molecule has 1 aromatic heterocycles. The van der Waals surface area contributed by atoms with Crippen molar-refractivity contribution in [3.8, 4) is 11.4 Å². The molecule has 24 heavy (non-hydrogen) atoms. The Balaban J connectivity index is 2.11. The third-order valence-electron chi connectivity index (χ3n) is 3.52. The van der Waals surface area contributed by atoms with Crippen molar-refractivity contribution in [1.29, 1.82) is 0 Å². The third kappa shape index (κ3) is 3.14. The lowest BCUT2D eigenvalue weighted by Gasteiger charge is -2.15. The quantitative estimate of drug-likeness (QED) is 0.538. The molecule has 0 unspecified atom stereocenters. The fourth-order valence-corrected chi connectivity index (χ4v) is 2.56. The lowest BCUT2D eigenvalue weighted by atomic mass is 10.2. The van der Waals surface area contributed by atoms with Crippen molar-refractivity contribution in [2.24, 2.45) is 0 Å². The minimum Gasteiger partial charge on any atom is -0.328 e. The number of halogens is 1. The second-order valence-corrected chi connectivity index (χ2v) is 5.99. The van der Waals surface area contributed by atoms with E-state index in [0.29, 0.717) is 28.7 Å². The van der Waals surface area contributed by atoms with Crippen LogP contribution in [0, 0.1) is 0 Å². The van der Waals surface area contributed by atoms with Gasteiger partial charge < -0.3 is 4.57 Å². The van der Waals surface area contributed by atoms with Gasteiger partial charge in [0.2, 0.25) is 0 Å². The number of hydrogen-bond acceptors (Lipinski definition) is 4. The summed E-state index contributed by atoms with van der Waals surface area (Å²) in [7, 11) is 0. The lowest BCUT2D eigenvalue weighted by molar-refractivity contribution is 0.672. The Kier molecular flexibility index (Phi) is 4.31. The van der Waals surface area contributed by atoms with E-state index in [9.17, 15) is 9.59 Å². The van der Waals surface area contributed by atoms with Crippen LogP contribution in [0.2, 0.25) is 5.15 Å². The van der Waals surface area contributed by atoms with E-state index in [1.54, 1.807) is 42.1 Å². The standard InChI is InChI=1S/C17H15ClN4O2/c1-11(2)9-22-16(23)13-4-3-7-21(15(13)20-17(22)24)10-12-5-6-14(18)19-8-12/h3-8H,1,9-10H2,2H3. The van der Waals surface area contributed by atoms with Crippen LogP contribution < -0.4 is 11.2 Å². The van der Waals surface area contributed by atoms with E-state index in [2.05, 4.69) is 16.5 Å². The minimum absolute atomic E-state index is 0.163. The molecule has 1 aromatic rings. The molecule has 0 amide bonds. The maximum Gasteiger partial charge on any atom is 0.352 e. The average Bonchev–Trinajstić information content (AvgIpc) is 2.54. The summed E-state index contributed by atoms with van der Waals surface area (Å²) in [6.45, 7) is 6.09. The third-order valence-corrected chi connectivity index (χ3v) is 3.74. The molecule has 2 aliphatic heterocycles. The second kappa shape index (κ2) is 6.41. The Morgan fingerprint density at radius 2 is 2.08 bits per heavy atom. The first-order chi connectivity index (χ1) is 11.5. The molecule has 0 aromatic carbocycles. The first-order valence-electron chi connectivity index (χ1n) is 7.30. The van der Waals surface area contributed by atoms with E-state index in [4.69, 9.17) is 11.6 Å². The lowest BCUT2D eigenvalue weighted by Crippen LogP contribution is -2.38. The van der Waals surface area contributed by atoms with Crippen LogP contribution in [0.1, 0.15) is 12.5 Å². The Bertz CT molecular complexity index is 989. The molecule has 0 saturated carbocycles. The van der Waals surface area contributed by atoms with Crippen molar-refractivity contribution in [2.45, 2.75) is 20.0 Å². The SMILES string of the molecule is C=C(C)Cn1c(=O)nc2n(Cc3ccc(Cl)nc3)cccc-2c1=O. The number of rotatable bonds is 4. The summed E-state index contributed by atoms with van der Waals surface area (Å²) in [5, 5.41) is 0.407. The van der Waals surface area contributed by atoms with E-state index < -0.39 is 5.69 Å². The van der Waals surface area contributed by atoms with Gasteiger partial charge >= 0.3 is 5.69 Å². The highest BCUT2D eigenvalue weighted by Gasteiger charge is 2.17. The van der Waals surface area contributed by atoms with Crippen molar-refractivity contribution in [1.82, 2.24) is 19.1 Å². The Morgan fingerprint density at radius 3 is 2.75 bits per heavy atom. The van der Waals surface area contributed by atoms with Crippen molar-refractivity contribution < 1.29 is 0 Å². The van der Waals surface area contributed by atoms with Crippen LogP contribution in [0.15, 0.2) is 58.4 Å². The fourth-order valence-electron chi connectivity index (χ4n) is 2.45. The molecule has 0 radical (unpaired) electrons. The molecule has 0 saturated heterocycles. The fraction of sp³-hybridized carbons (Fsp3) is 0.176. The van der Waals surface area contributed by atoms with Gasteiger partial charge in [0, 0.05) is 12.4 Å². The first-order valence-corrected chi connectivity index (χ1v) is 7.68. The molecular formula is C17H15ClN4O2. The summed E-state index contributed by atoms with van der Waals surface area (Å²) in [4.78, 5) is 32.9. The van der Waals surface area contributed by atoms with Crippen LogP contribution in [0.3, 0.4) is 0 Å². The first kappa shape index (κ1) is 16.1. The van der Waals surface area contributed by atoms with Gasteiger partial charge in [0.15, 0.2) is 5.82 Å². The molecule has 7 heteroatoms. The molecule has 122 valence electrons. The van der Waals surface area contributed by atoms with Crippen LogP contribution in [0.5, 0.6) is 0 Å². The highest BCUT2D eigenvalue weighted by molar-refractivity contribution is 6.29. The Hall–Kier alpha value is -2.73. The summed E-state index contributed by atoms with van der Waals surface area (Å²) in [6.07, 6.45) is 3.42. The van der Waals surface area contributed by atoms with Crippen molar-refractivity contribution in [3.05, 3.63) is 80.4 Å². The largest absolute Gasteiger partial charge is 0.352 e. The van der Waals surface area contributed by atoms with Gasteiger partial charge in [-0.05, 0) is 30.7 Å². The summed E-state index contributed by atoms with van der Waals surface area (Å²) >= 11 is 5.79. The summed E-state index contributed by atoms with van der Waals surface area (Å²) in [5.74, 6) is 0.348. The molecule has 6 nitrogen and oxygen atoms in total. The smallest absolute Gasteiger partial charge is 0.328 e. The highest BCUT2D eigenvalue weighted by atomic mass is 35.5. The number of aromatic nitrogens is 4. The molecule has 0 fully saturated rings. The molecule has 0 bridgehead atoms. The zero-order valence-electron chi connectivity index (χ0n) is 13.1. The van der Waals surface area contributed by atoms with Crippen LogP contribution in [-0.4, -0.2) is 19.1 Å². The molecule has 0 N–H and O–H groups in total. The minimum atomic E-state index is -0.579. The van der Waals surface area contributed by atoms with Crippen molar-refractivity contribution in [3.63, 3.8) is 0 Å². The number of fused-ring (bicyclic) bond motifs is 1. The van der Waals surface area contributed by atoms with Gasteiger partial charge in [-0.3, -0.25) is 9.36 Å². The Labute approximate surface area is 143 Å². The number of hydrogen-bond donors (Lipinski definition) is 0. The van der Waals surface area contributed by atoms with E-state index in [0.717, 1.165) is 10.1 Å². The van der Waals surface area contributed by atoms with Crippen molar-refractivity contribution in [2.75, 3.05) is 0 Å². The van der Waals surface area contributed by atoms with Gasteiger partial charge in [0.05, 0.1) is 18.7 Å². The highest BCUT2D eigenvalue weighted by Crippen LogP contribution is 2.15. The molecule has 3 rings (SSSR count). The van der Waals surface area contributed by atoms with E-state index in [1.165, 1.54) is 0 Å². The predicted octanol–water partition coefficient (Wildman–Crippen LogP) is 2.18. The van der Waals surface area contributed by atoms with Gasteiger partial charge in [-0.2, -0.15) is 4.98 Å². The molecule has 0 aliphatic carbocycles. The summed E-state index contributed by atoms with van der Waals surface area (Å²) in [6, 6.07) is 6.94. The van der Waals surface area contributed by atoms with Crippen molar-refractivity contribution >= 4 is 11.6 Å². The molecule has 2 aliphatic rings. The number of nitrogens with zero attached hydrogens (tertiary/aromatic N) is 4. The maximum absolute atomic E-state index is 12.6. The Morgan fingerprint density at radius 1 is 1.29 bits per heavy atom. The average molecular weight is 343 g/mol. The van der Waals surface area contributed by atoms with Crippen LogP contribution in [0.4, 0.5) is 0 Å². The van der Waals surface area contributed by atoms with E-state index in [-0.39, 0.29) is 12.1 Å². The number of pyridine rings is 2. The summed E-state index contributed by atoms with van der Waals surface area (Å²) < 4.78 is 2.84. The van der Waals surface area contributed by atoms with Gasteiger partial charge in [-0.15, -0.1) is 0 Å².